The van der Waals surface area contributed by atoms with Gasteiger partial charge in [-0.3, -0.25) is 0 Å². The van der Waals surface area contributed by atoms with Gasteiger partial charge >= 0.3 is 11.9 Å². The molecule has 0 amide bonds. The molecule has 4 rings (SSSR count). The van der Waals surface area contributed by atoms with Crippen LogP contribution < -0.4 is 18.9 Å². The molecule has 0 aliphatic heterocycles. The molecular formula is C42H44F4N2O12S2. The van der Waals surface area contributed by atoms with Crippen LogP contribution >= 0.6 is 0 Å². The first-order valence-electron chi connectivity index (χ1n) is 18.8. The van der Waals surface area contributed by atoms with Crippen molar-refractivity contribution in [2.24, 2.45) is 0 Å². The lowest BCUT2D eigenvalue weighted by Gasteiger charge is -2.11. The van der Waals surface area contributed by atoms with E-state index in [1.54, 1.807) is 13.8 Å². The summed E-state index contributed by atoms with van der Waals surface area (Å²) in [5.41, 5.74) is 0.418. The van der Waals surface area contributed by atoms with Crippen LogP contribution in [0.1, 0.15) is 38.8 Å². The first-order chi connectivity index (χ1) is 29.4. The quantitative estimate of drug-likeness (QED) is 0.0336. The Morgan fingerprint density at radius 3 is 1.18 bits per heavy atom. The number of nitrogens with one attached hydrogen (secondary N) is 2. The molecule has 0 aliphatic rings. The maximum absolute atomic E-state index is 14.7. The van der Waals surface area contributed by atoms with Crippen LogP contribution in [0.2, 0.25) is 0 Å². The van der Waals surface area contributed by atoms with Crippen LogP contribution in [0.25, 0.3) is 12.2 Å². The summed E-state index contributed by atoms with van der Waals surface area (Å²) in [6.07, 6.45) is 2.53. The average molecular weight is 909 g/mol. The zero-order valence-electron chi connectivity index (χ0n) is 34.0. The number of esters is 2. The van der Waals surface area contributed by atoms with Gasteiger partial charge in [0, 0.05) is 24.2 Å². The van der Waals surface area contributed by atoms with Crippen molar-refractivity contribution in [2.45, 2.75) is 37.5 Å². The SMILES string of the molecule is CCOC(=O)/C(C)=C/c1cc(F)c(Oc2ccc(S(=O)(=O)NCCOCCOCCNS(=O)(=O)c3ccc(Oc4c(F)cc(/C=C(\C)C(=O)OCC)cc4F)cc3)cc2)c(F)c1. The topological polar surface area (TPSA) is 182 Å². The maximum Gasteiger partial charge on any atom is 0.333 e. The van der Waals surface area contributed by atoms with Crippen molar-refractivity contribution in [3.63, 3.8) is 0 Å². The molecule has 62 heavy (non-hydrogen) atoms. The Labute approximate surface area is 356 Å². The molecular weight excluding hydrogens is 865 g/mol. The van der Waals surface area contributed by atoms with Gasteiger partial charge in [-0.2, -0.15) is 0 Å². The van der Waals surface area contributed by atoms with Crippen LogP contribution in [-0.4, -0.2) is 81.5 Å². The van der Waals surface area contributed by atoms with Gasteiger partial charge in [0.25, 0.3) is 0 Å². The zero-order chi connectivity index (χ0) is 45.5. The van der Waals surface area contributed by atoms with E-state index in [-0.39, 0.29) is 96.3 Å². The van der Waals surface area contributed by atoms with Crippen molar-refractivity contribution in [1.29, 1.82) is 0 Å². The molecule has 4 aromatic rings. The van der Waals surface area contributed by atoms with E-state index in [1.165, 1.54) is 74.5 Å². The Kier molecular flexibility index (Phi) is 18.2. The third kappa shape index (κ3) is 14.5. The normalized spacial score (nSPS) is 12.3. The Hall–Kier alpha value is -5.64. The molecule has 0 heterocycles. The number of carbonyl (C=O) groups is 2. The molecule has 14 nitrogen and oxygen atoms in total. The van der Waals surface area contributed by atoms with Gasteiger partial charge in [-0.25, -0.2) is 53.4 Å². The summed E-state index contributed by atoms with van der Waals surface area (Å²) in [6.45, 7) is 6.26. The molecule has 0 saturated heterocycles. The predicted molar refractivity (Wildman–Crippen MR) is 218 cm³/mol. The minimum atomic E-state index is -3.99. The van der Waals surface area contributed by atoms with E-state index in [9.17, 15) is 44.0 Å². The van der Waals surface area contributed by atoms with Crippen LogP contribution in [0, 0.1) is 23.3 Å². The molecule has 0 spiro atoms. The van der Waals surface area contributed by atoms with Gasteiger partial charge in [-0.15, -0.1) is 0 Å². The van der Waals surface area contributed by atoms with E-state index in [0.717, 1.165) is 24.3 Å². The molecule has 0 aliphatic carbocycles. The predicted octanol–water partition coefficient (Wildman–Crippen LogP) is 7.05. The first kappa shape index (κ1) is 49.0. The molecule has 20 heteroatoms. The number of benzene rings is 4. The van der Waals surface area contributed by atoms with Crippen molar-refractivity contribution in [3.8, 4) is 23.0 Å². The Morgan fingerprint density at radius 2 is 0.871 bits per heavy atom. The largest absolute Gasteiger partial charge is 0.463 e. The highest BCUT2D eigenvalue weighted by atomic mass is 32.2. The summed E-state index contributed by atoms with van der Waals surface area (Å²) in [7, 11) is -7.98. The van der Waals surface area contributed by atoms with E-state index in [1.807, 2.05) is 0 Å². The summed E-state index contributed by atoms with van der Waals surface area (Å²) in [4.78, 5) is 23.3. The second-order valence-corrected chi connectivity index (χ2v) is 16.4. The highest BCUT2D eigenvalue weighted by molar-refractivity contribution is 7.89. The summed E-state index contributed by atoms with van der Waals surface area (Å²) in [6, 6.07) is 13.5. The maximum atomic E-state index is 14.7. The highest BCUT2D eigenvalue weighted by Gasteiger charge is 2.19. The lowest BCUT2D eigenvalue weighted by molar-refractivity contribution is -0.139. The van der Waals surface area contributed by atoms with Gasteiger partial charge < -0.3 is 28.4 Å². The minimum Gasteiger partial charge on any atom is -0.463 e. The molecule has 0 aromatic heterocycles. The fourth-order valence-electron chi connectivity index (χ4n) is 5.22. The molecule has 0 saturated carbocycles. The highest BCUT2D eigenvalue weighted by Crippen LogP contribution is 2.32. The van der Waals surface area contributed by atoms with Crippen molar-refractivity contribution >= 4 is 44.1 Å². The lowest BCUT2D eigenvalue weighted by Crippen LogP contribution is -2.28. The number of carbonyl (C=O) groups excluding carboxylic acids is 2. The van der Waals surface area contributed by atoms with Crippen molar-refractivity contribution in [1.82, 2.24) is 9.44 Å². The van der Waals surface area contributed by atoms with Gasteiger partial charge in [0.1, 0.15) is 11.5 Å². The first-order valence-corrected chi connectivity index (χ1v) is 21.8. The van der Waals surface area contributed by atoms with Crippen molar-refractivity contribution in [2.75, 3.05) is 52.7 Å². The smallest absolute Gasteiger partial charge is 0.333 e. The number of hydrogen-bond acceptors (Lipinski definition) is 12. The molecule has 4 aromatic carbocycles. The van der Waals surface area contributed by atoms with Crippen LogP contribution in [0.5, 0.6) is 23.0 Å². The Bertz CT molecular complexity index is 2260. The van der Waals surface area contributed by atoms with Crippen LogP contribution in [0.15, 0.2) is 93.7 Å². The minimum absolute atomic E-state index is 0.0298. The molecule has 2 N–H and O–H groups in total. The molecule has 0 radical (unpaired) electrons. The van der Waals surface area contributed by atoms with Gasteiger partial charge in [-0.1, -0.05) is 0 Å². The number of ether oxygens (including phenoxy) is 6. The molecule has 0 fully saturated rings. The van der Waals surface area contributed by atoms with E-state index >= 15 is 0 Å². The Morgan fingerprint density at radius 1 is 0.548 bits per heavy atom. The monoisotopic (exact) mass is 908 g/mol. The van der Waals surface area contributed by atoms with Gasteiger partial charge in [0.2, 0.25) is 20.0 Å². The Balaban J connectivity index is 1.14. The summed E-state index contributed by atoms with van der Waals surface area (Å²) in [5, 5.41) is 0. The number of rotatable bonds is 23. The van der Waals surface area contributed by atoms with Crippen molar-refractivity contribution in [3.05, 3.63) is 118 Å². The van der Waals surface area contributed by atoms with E-state index in [4.69, 9.17) is 28.4 Å². The second kappa shape index (κ2) is 23.0. The number of sulfonamides is 2. The number of halogens is 4. The second-order valence-electron chi connectivity index (χ2n) is 12.9. The summed E-state index contributed by atoms with van der Waals surface area (Å²) >= 11 is 0. The van der Waals surface area contributed by atoms with Gasteiger partial charge in [0.15, 0.2) is 34.8 Å². The third-order valence-corrected chi connectivity index (χ3v) is 11.1. The summed E-state index contributed by atoms with van der Waals surface area (Å²) in [5.74, 6) is -6.98. The van der Waals surface area contributed by atoms with Crippen LogP contribution in [-0.2, 0) is 48.6 Å². The zero-order valence-corrected chi connectivity index (χ0v) is 35.6. The molecule has 0 bridgehead atoms. The fourth-order valence-corrected chi connectivity index (χ4v) is 7.25. The van der Waals surface area contributed by atoms with E-state index < -0.39 is 66.8 Å². The molecule has 0 atom stereocenters. The molecule has 334 valence electrons. The average Bonchev–Trinajstić information content (AvgIpc) is 3.21. The van der Waals surface area contributed by atoms with E-state index in [0.29, 0.717) is 0 Å². The number of hydrogen-bond donors (Lipinski definition) is 2. The fraction of sp³-hybridized carbons (Fsp3) is 0.286. The molecule has 0 unspecified atom stereocenters. The van der Waals surface area contributed by atoms with Gasteiger partial charge in [-0.05, 0) is 124 Å². The van der Waals surface area contributed by atoms with Crippen molar-refractivity contribution < 1.29 is 72.4 Å². The summed E-state index contributed by atoms with van der Waals surface area (Å²) < 4.78 is 145. The van der Waals surface area contributed by atoms with Gasteiger partial charge in [0.05, 0.1) is 49.4 Å². The lowest BCUT2D eigenvalue weighted by atomic mass is 10.1. The third-order valence-electron chi connectivity index (χ3n) is 8.16. The van der Waals surface area contributed by atoms with Crippen LogP contribution in [0.4, 0.5) is 17.6 Å². The van der Waals surface area contributed by atoms with E-state index in [2.05, 4.69) is 9.44 Å². The standard InChI is InChI=1S/C42H44F4N2O12S2/c1-5-57-41(49)27(3)21-29-23-35(43)39(36(44)24-29)59-31-7-11-33(12-8-31)61(51,52)47-15-17-55-19-20-56-18-16-48-62(53,54)34-13-9-32(10-14-34)60-40-37(45)25-30(26-38(40)46)22-28(4)42(50)58-6-2/h7-14,21-26,47-48H,5-6,15-20H2,1-4H3/b27-21+,28-22+. The van der Waals surface area contributed by atoms with Crippen LogP contribution in [0.3, 0.4) is 0 Å².